The van der Waals surface area contributed by atoms with Gasteiger partial charge in [0.25, 0.3) is 0 Å². The minimum Gasteiger partial charge on any atom is -0.322 e. The third-order valence-corrected chi connectivity index (χ3v) is 4.92. The molecule has 2 aliphatic carbocycles. The summed E-state index contributed by atoms with van der Waals surface area (Å²) in [6, 6.07) is 0.107. The van der Waals surface area contributed by atoms with Crippen LogP contribution in [0, 0.1) is 5.92 Å². The molecule has 6 heteroatoms. The molecule has 5 nitrogen and oxygen atoms in total. The minimum atomic E-state index is 0.107. The number of aromatic nitrogens is 4. The first kappa shape index (κ1) is 9.96. The van der Waals surface area contributed by atoms with Gasteiger partial charge in [-0.2, -0.15) is 9.61 Å². The van der Waals surface area contributed by atoms with Gasteiger partial charge in [0.15, 0.2) is 5.82 Å². The lowest BCUT2D eigenvalue weighted by molar-refractivity contribution is 0.394. The molecular weight excluding hydrogens is 234 g/mol. The van der Waals surface area contributed by atoms with Gasteiger partial charge in [0.05, 0.1) is 6.04 Å². The Morgan fingerprint density at radius 3 is 2.71 bits per heavy atom. The lowest BCUT2D eigenvalue weighted by atomic mass is 9.85. The molecule has 2 aromatic heterocycles. The van der Waals surface area contributed by atoms with Crippen molar-refractivity contribution in [2.45, 2.75) is 44.1 Å². The third kappa shape index (κ3) is 1.51. The molecule has 2 N–H and O–H groups in total. The summed E-state index contributed by atoms with van der Waals surface area (Å²) in [5.41, 5.74) is 6.18. The van der Waals surface area contributed by atoms with E-state index in [9.17, 15) is 0 Å². The highest BCUT2D eigenvalue weighted by Crippen LogP contribution is 2.41. The fourth-order valence-corrected chi connectivity index (χ4v) is 3.30. The quantitative estimate of drug-likeness (QED) is 0.901. The summed E-state index contributed by atoms with van der Waals surface area (Å²) < 4.78 is 1.92. The van der Waals surface area contributed by atoms with E-state index in [1.807, 2.05) is 4.52 Å². The zero-order chi connectivity index (χ0) is 11.4. The van der Waals surface area contributed by atoms with Gasteiger partial charge in [-0.05, 0) is 31.6 Å². The van der Waals surface area contributed by atoms with Crippen LogP contribution in [0.3, 0.4) is 0 Å². The third-order valence-electron chi connectivity index (χ3n) is 3.92. The Hall–Kier alpha value is -1.01. The van der Waals surface area contributed by atoms with E-state index < -0.39 is 0 Å². The highest BCUT2D eigenvalue weighted by Gasteiger charge is 2.33. The minimum absolute atomic E-state index is 0.107. The second kappa shape index (κ2) is 3.49. The van der Waals surface area contributed by atoms with Crippen molar-refractivity contribution in [1.82, 2.24) is 19.8 Å². The van der Waals surface area contributed by atoms with Crippen LogP contribution in [0.5, 0.6) is 0 Å². The van der Waals surface area contributed by atoms with Gasteiger partial charge >= 0.3 is 0 Å². The topological polar surface area (TPSA) is 69.1 Å². The fourth-order valence-electron chi connectivity index (χ4n) is 2.36. The molecule has 0 saturated heterocycles. The SMILES string of the molecule is NC(c1nn2c(C3CCC3)nnc2s1)C1CC1. The van der Waals surface area contributed by atoms with Crippen molar-refractivity contribution in [3.05, 3.63) is 10.8 Å². The molecule has 1 unspecified atom stereocenters. The van der Waals surface area contributed by atoms with Crippen molar-refractivity contribution in [1.29, 1.82) is 0 Å². The fraction of sp³-hybridized carbons (Fsp3) is 0.727. The maximum atomic E-state index is 6.18. The van der Waals surface area contributed by atoms with Crippen molar-refractivity contribution < 1.29 is 0 Å². The highest BCUT2D eigenvalue weighted by atomic mass is 32.1. The average Bonchev–Trinajstić information content (AvgIpc) is 2.90. The summed E-state index contributed by atoms with van der Waals surface area (Å²) in [7, 11) is 0. The maximum Gasteiger partial charge on any atom is 0.234 e. The van der Waals surface area contributed by atoms with E-state index in [0.717, 1.165) is 15.8 Å². The summed E-state index contributed by atoms with van der Waals surface area (Å²) in [4.78, 5) is 0.901. The Bertz CT molecular complexity index is 551. The van der Waals surface area contributed by atoms with E-state index in [1.165, 1.54) is 32.1 Å². The number of nitrogens with two attached hydrogens (primary N) is 1. The Balaban J connectivity index is 1.73. The van der Waals surface area contributed by atoms with E-state index in [1.54, 1.807) is 11.3 Å². The van der Waals surface area contributed by atoms with Gasteiger partial charge in [-0.1, -0.05) is 17.8 Å². The molecule has 90 valence electrons. The Morgan fingerprint density at radius 1 is 1.24 bits per heavy atom. The van der Waals surface area contributed by atoms with E-state index in [2.05, 4.69) is 15.3 Å². The zero-order valence-electron chi connectivity index (χ0n) is 9.54. The van der Waals surface area contributed by atoms with E-state index in [-0.39, 0.29) is 6.04 Å². The second-order valence-corrected chi connectivity index (χ2v) is 6.17. The normalized spacial score (nSPS) is 22.9. The van der Waals surface area contributed by atoms with Crippen LogP contribution in [-0.2, 0) is 0 Å². The zero-order valence-corrected chi connectivity index (χ0v) is 10.4. The molecule has 0 bridgehead atoms. The van der Waals surface area contributed by atoms with Gasteiger partial charge in [0.1, 0.15) is 5.01 Å². The molecule has 0 aromatic carbocycles. The van der Waals surface area contributed by atoms with Gasteiger partial charge < -0.3 is 5.73 Å². The maximum absolute atomic E-state index is 6.18. The number of hydrogen-bond donors (Lipinski definition) is 1. The van der Waals surface area contributed by atoms with Crippen molar-refractivity contribution >= 4 is 16.3 Å². The van der Waals surface area contributed by atoms with Crippen molar-refractivity contribution in [2.24, 2.45) is 11.7 Å². The van der Waals surface area contributed by atoms with Crippen LogP contribution >= 0.6 is 11.3 Å². The molecular formula is C11H15N5S. The highest BCUT2D eigenvalue weighted by molar-refractivity contribution is 7.16. The summed E-state index contributed by atoms with van der Waals surface area (Å²) in [5.74, 6) is 2.25. The summed E-state index contributed by atoms with van der Waals surface area (Å²) in [6.45, 7) is 0. The monoisotopic (exact) mass is 249 g/mol. The second-order valence-electron chi connectivity index (χ2n) is 5.18. The Morgan fingerprint density at radius 2 is 2.06 bits per heavy atom. The molecule has 2 fully saturated rings. The standard InChI is InChI=1S/C11H15N5S/c12-8(6-4-5-6)10-15-16-9(7-2-1-3-7)13-14-11(16)17-10/h6-8H,1-5,12H2. The van der Waals surface area contributed by atoms with Crippen LogP contribution in [-0.4, -0.2) is 19.8 Å². The van der Waals surface area contributed by atoms with Crippen molar-refractivity contribution in [3.63, 3.8) is 0 Å². The van der Waals surface area contributed by atoms with Crippen LogP contribution in [0.1, 0.15) is 54.9 Å². The van der Waals surface area contributed by atoms with Gasteiger partial charge in [-0.3, -0.25) is 0 Å². The molecule has 2 heterocycles. The van der Waals surface area contributed by atoms with Crippen LogP contribution in [0.25, 0.3) is 4.96 Å². The molecule has 4 rings (SSSR count). The summed E-state index contributed by atoms with van der Waals surface area (Å²) >= 11 is 1.60. The van der Waals surface area contributed by atoms with Gasteiger partial charge in [0, 0.05) is 5.92 Å². The Kier molecular flexibility index (Phi) is 2.05. The van der Waals surface area contributed by atoms with Crippen LogP contribution in [0.15, 0.2) is 0 Å². The van der Waals surface area contributed by atoms with Crippen molar-refractivity contribution in [3.8, 4) is 0 Å². The summed E-state index contributed by atoms with van der Waals surface area (Å²) in [5, 5.41) is 14.1. The molecule has 2 aliphatic rings. The van der Waals surface area contributed by atoms with E-state index >= 15 is 0 Å². The first-order chi connectivity index (χ1) is 8.33. The largest absolute Gasteiger partial charge is 0.322 e. The van der Waals surface area contributed by atoms with Gasteiger partial charge in [-0.25, -0.2) is 0 Å². The smallest absolute Gasteiger partial charge is 0.234 e. The number of nitrogens with zero attached hydrogens (tertiary/aromatic N) is 4. The van der Waals surface area contributed by atoms with Crippen LogP contribution in [0.2, 0.25) is 0 Å². The molecule has 0 spiro atoms. The van der Waals surface area contributed by atoms with Gasteiger partial charge in [-0.15, -0.1) is 10.2 Å². The predicted molar refractivity (Wildman–Crippen MR) is 64.9 cm³/mol. The molecule has 2 aromatic rings. The lowest BCUT2D eigenvalue weighted by Crippen LogP contribution is -2.15. The van der Waals surface area contributed by atoms with E-state index in [0.29, 0.717) is 11.8 Å². The van der Waals surface area contributed by atoms with Crippen LogP contribution in [0.4, 0.5) is 0 Å². The predicted octanol–water partition coefficient (Wildman–Crippen LogP) is 1.86. The van der Waals surface area contributed by atoms with Crippen LogP contribution < -0.4 is 5.73 Å². The van der Waals surface area contributed by atoms with Gasteiger partial charge in [0.2, 0.25) is 4.96 Å². The molecule has 0 aliphatic heterocycles. The number of rotatable bonds is 3. The van der Waals surface area contributed by atoms with E-state index in [4.69, 9.17) is 5.73 Å². The lowest BCUT2D eigenvalue weighted by Gasteiger charge is -2.22. The molecule has 0 radical (unpaired) electrons. The number of fused-ring (bicyclic) bond motifs is 1. The molecule has 1 atom stereocenters. The Labute approximate surface area is 103 Å². The average molecular weight is 249 g/mol. The summed E-state index contributed by atoms with van der Waals surface area (Å²) in [6.07, 6.45) is 6.25. The first-order valence-electron chi connectivity index (χ1n) is 6.30. The molecule has 2 saturated carbocycles. The number of hydrogen-bond acceptors (Lipinski definition) is 5. The molecule has 17 heavy (non-hydrogen) atoms. The van der Waals surface area contributed by atoms with Crippen molar-refractivity contribution in [2.75, 3.05) is 0 Å². The first-order valence-corrected chi connectivity index (χ1v) is 7.12. The molecule has 0 amide bonds.